The monoisotopic (exact) mass is 312 g/mol. The zero-order chi connectivity index (χ0) is 16.2. The van der Waals surface area contributed by atoms with Gasteiger partial charge in [0, 0.05) is 30.1 Å². The molecule has 5 nitrogen and oxygen atoms in total. The summed E-state index contributed by atoms with van der Waals surface area (Å²) in [7, 11) is 3.36. The molecule has 1 N–H and O–H groups in total. The Hall–Kier alpha value is -2.30. The van der Waals surface area contributed by atoms with E-state index in [0.29, 0.717) is 6.42 Å². The lowest BCUT2D eigenvalue weighted by Crippen LogP contribution is -2.55. The maximum Gasteiger partial charge on any atom is 0.407 e. The number of nitrogens with one attached hydrogen (secondary N) is 1. The molecule has 2 atom stereocenters. The number of nitrogens with zero attached hydrogens (tertiary/aromatic N) is 1. The zero-order valence-electron chi connectivity index (χ0n) is 13.4. The van der Waals surface area contributed by atoms with E-state index < -0.39 is 11.6 Å². The van der Waals surface area contributed by atoms with E-state index in [0.717, 1.165) is 35.7 Å². The smallest absolute Gasteiger partial charge is 0.407 e. The van der Waals surface area contributed by atoms with Crippen LogP contribution in [-0.4, -0.2) is 23.6 Å². The second kappa shape index (κ2) is 4.85. The molecular weight excluding hydrogens is 292 g/mol. The van der Waals surface area contributed by atoms with Crippen LogP contribution in [0.25, 0.3) is 10.9 Å². The average molecular weight is 312 g/mol. The third-order valence-electron chi connectivity index (χ3n) is 5.42. The fraction of sp³-hybridized carbons (Fsp3) is 0.444. The van der Waals surface area contributed by atoms with Crippen molar-refractivity contribution in [2.75, 3.05) is 7.11 Å². The van der Waals surface area contributed by atoms with E-state index in [4.69, 9.17) is 4.74 Å². The summed E-state index contributed by atoms with van der Waals surface area (Å²) in [4.78, 5) is 25.2. The molecule has 2 aliphatic rings. The van der Waals surface area contributed by atoms with E-state index >= 15 is 0 Å². The molecule has 0 spiro atoms. The van der Waals surface area contributed by atoms with Crippen LogP contribution in [0.2, 0.25) is 0 Å². The number of Topliss-reactive ketones (excluding diaryl/α,β-unsaturated/α-hetero) is 1. The minimum Gasteiger partial charge on any atom is -0.453 e. The summed E-state index contributed by atoms with van der Waals surface area (Å²) in [5.41, 5.74) is 2.27. The number of carbonyl (C=O) groups excluding carboxylic acids is 2. The van der Waals surface area contributed by atoms with Crippen LogP contribution < -0.4 is 5.32 Å². The summed E-state index contributed by atoms with van der Waals surface area (Å²) in [5.74, 6) is 0.0828. The molecule has 2 aromatic rings. The normalized spacial score (nSPS) is 26.0. The van der Waals surface area contributed by atoms with Gasteiger partial charge in [0.25, 0.3) is 0 Å². The van der Waals surface area contributed by atoms with Gasteiger partial charge in [0.15, 0.2) is 5.78 Å². The lowest BCUT2D eigenvalue weighted by molar-refractivity contribution is -0.132. The highest BCUT2D eigenvalue weighted by Crippen LogP contribution is 2.45. The number of rotatable bonds is 1. The van der Waals surface area contributed by atoms with Crippen LogP contribution in [-0.2, 0) is 28.5 Å². The number of benzene rings is 1. The Kier molecular flexibility index (Phi) is 3.01. The summed E-state index contributed by atoms with van der Waals surface area (Å²) < 4.78 is 6.91. The summed E-state index contributed by atoms with van der Waals surface area (Å²) in [6.07, 6.45) is 4.76. The molecule has 1 heterocycles. The fourth-order valence-electron chi connectivity index (χ4n) is 4.41. The molecule has 2 bridgehead atoms. The van der Waals surface area contributed by atoms with Crippen LogP contribution >= 0.6 is 0 Å². The molecule has 0 aliphatic heterocycles. The summed E-state index contributed by atoms with van der Waals surface area (Å²) in [5, 5.41) is 4.01. The number of alkyl carbamates (subject to hydrolysis) is 1. The first-order valence-electron chi connectivity index (χ1n) is 8.04. The lowest BCUT2D eigenvalue weighted by Gasteiger charge is -2.38. The first-order valence-corrected chi connectivity index (χ1v) is 8.04. The maximum atomic E-state index is 13.2. The number of aromatic nitrogens is 1. The number of ketones is 1. The summed E-state index contributed by atoms with van der Waals surface area (Å²) in [6.45, 7) is 0. The second-order valence-electron chi connectivity index (χ2n) is 6.64. The number of aryl methyl sites for hydroxylation is 1. The number of amides is 1. The first kappa shape index (κ1) is 14.3. The first-order chi connectivity index (χ1) is 11.1. The van der Waals surface area contributed by atoms with E-state index in [9.17, 15) is 9.59 Å². The standard InChI is InChI=1S/C18H20N2O3/c1-20-10-12-9-11-5-4-8-18(16(11)21,19-17(22)23-2)13-6-3-7-14(20)15(12)13/h3,6-7,10-11H,4-5,8-9H2,1-2H3,(H,19,22)/t11-,18-/m1/s1. The van der Waals surface area contributed by atoms with Crippen molar-refractivity contribution in [3.05, 3.63) is 35.5 Å². The topological polar surface area (TPSA) is 60.3 Å². The highest BCUT2D eigenvalue weighted by atomic mass is 16.5. The molecule has 5 heteroatoms. The number of hydrogen-bond acceptors (Lipinski definition) is 3. The number of fused-ring (bicyclic) bond motifs is 3. The molecule has 2 aliphatic carbocycles. The molecule has 1 aromatic heterocycles. The molecule has 120 valence electrons. The van der Waals surface area contributed by atoms with E-state index in [2.05, 4.69) is 22.1 Å². The molecule has 0 saturated heterocycles. The van der Waals surface area contributed by atoms with Crippen LogP contribution in [0, 0.1) is 5.92 Å². The van der Waals surface area contributed by atoms with Crippen LogP contribution in [0.1, 0.15) is 30.4 Å². The summed E-state index contributed by atoms with van der Waals surface area (Å²) >= 11 is 0. The molecule has 1 saturated carbocycles. The number of hydrogen-bond donors (Lipinski definition) is 1. The predicted octanol–water partition coefficient (Wildman–Crippen LogP) is 2.65. The van der Waals surface area contributed by atoms with Gasteiger partial charge in [-0.3, -0.25) is 4.79 Å². The SMILES string of the molecule is COC(=O)N[C@]12CCC[C@H](Cc3cn(C)c4cccc1c34)C2=O. The van der Waals surface area contributed by atoms with Crippen LogP contribution in [0.15, 0.2) is 24.4 Å². The van der Waals surface area contributed by atoms with Crippen molar-refractivity contribution in [3.63, 3.8) is 0 Å². The van der Waals surface area contributed by atoms with Crippen LogP contribution in [0.3, 0.4) is 0 Å². The molecule has 1 fully saturated rings. The fourth-order valence-corrected chi connectivity index (χ4v) is 4.41. The molecular formula is C18H20N2O3. The number of methoxy groups -OCH3 is 1. The molecule has 0 unspecified atom stereocenters. The molecule has 23 heavy (non-hydrogen) atoms. The van der Waals surface area contributed by atoms with Gasteiger partial charge in [-0.2, -0.15) is 0 Å². The van der Waals surface area contributed by atoms with Crippen molar-refractivity contribution in [3.8, 4) is 0 Å². The van der Waals surface area contributed by atoms with Crippen LogP contribution in [0.4, 0.5) is 4.79 Å². The van der Waals surface area contributed by atoms with Crippen molar-refractivity contribution in [1.29, 1.82) is 0 Å². The number of carbonyl (C=O) groups is 2. The Labute approximate surface area is 134 Å². The van der Waals surface area contributed by atoms with E-state index in [1.807, 2.05) is 19.2 Å². The Morgan fingerprint density at radius 3 is 3.04 bits per heavy atom. The van der Waals surface area contributed by atoms with Crippen molar-refractivity contribution in [1.82, 2.24) is 9.88 Å². The van der Waals surface area contributed by atoms with Gasteiger partial charge in [0.05, 0.1) is 7.11 Å². The van der Waals surface area contributed by atoms with Crippen molar-refractivity contribution < 1.29 is 14.3 Å². The van der Waals surface area contributed by atoms with Gasteiger partial charge in [-0.25, -0.2) is 4.79 Å². The molecule has 0 radical (unpaired) electrons. The third-order valence-corrected chi connectivity index (χ3v) is 5.42. The minimum absolute atomic E-state index is 0.0427. The Morgan fingerprint density at radius 1 is 1.43 bits per heavy atom. The highest BCUT2D eigenvalue weighted by Gasteiger charge is 2.50. The van der Waals surface area contributed by atoms with Crippen molar-refractivity contribution in [2.45, 2.75) is 31.2 Å². The van der Waals surface area contributed by atoms with E-state index in [1.54, 1.807) is 0 Å². The highest BCUT2D eigenvalue weighted by molar-refractivity contribution is 6.02. The lowest BCUT2D eigenvalue weighted by atomic mass is 9.71. The van der Waals surface area contributed by atoms with Gasteiger partial charge in [0.1, 0.15) is 5.54 Å². The quantitative estimate of drug-likeness (QED) is 0.880. The third kappa shape index (κ3) is 1.85. The molecule has 1 amide bonds. The van der Waals surface area contributed by atoms with Crippen LogP contribution in [0.5, 0.6) is 0 Å². The van der Waals surface area contributed by atoms with Crippen molar-refractivity contribution in [2.24, 2.45) is 13.0 Å². The van der Waals surface area contributed by atoms with E-state index in [-0.39, 0.29) is 11.7 Å². The van der Waals surface area contributed by atoms with Gasteiger partial charge in [0.2, 0.25) is 0 Å². The van der Waals surface area contributed by atoms with Gasteiger partial charge >= 0.3 is 6.09 Å². The Bertz CT molecular complexity index is 823. The Morgan fingerprint density at radius 2 is 2.26 bits per heavy atom. The number of ether oxygens (including phenoxy) is 1. The molecule has 1 aromatic carbocycles. The van der Waals surface area contributed by atoms with Gasteiger partial charge in [-0.15, -0.1) is 0 Å². The maximum absolute atomic E-state index is 13.2. The van der Waals surface area contributed by atoms with Gasteiger partial charge in [-0.05, 0) is 42.9 Å². The largest absolute Gasteiger partial charge is 0.453 e. The van der Waals surface area contributed by atoms with Crippen molar-refractivity contribution >= 4 is 22.8 Å². The predicted molar refractivity (Wildman–Crippen MR) is 86.2 cm³/mol. The zero-order valence-corrected chi connectivity index (χ0v) is 13.4. The minimum atomic E-state index is -0.956. The second-order valence-corrected chi connectivity index (χ2v) is 6.64. The van der Waals surface area contributed by atoms with Gasteiger partial charge in [-0.1, -0.05) is 12.1 Å². The summed E-state index contributed by atoms with van der Waals surface area (Å²) in [6, 6.07) is 6.01. The van der Waals surface area contributed by atoms with E-state index in [1.165, 1.54) is 12.7 Å². The molecule has 4 rings (SSSR count). The average Bonchev–Trinajstić information content (AvgIpc) is 2.86. The Balaban J connectivity index is 2.03. The van der Waals surface area contributed by atoms with Gasteiger partial charge < -0.3 is 14.6 Å².